The first-order valence-electron chi connectivity index (χ1n) is 5.81. The molecule has 0 atom stereocenters. The highest BCUT2D eigenvalue weighted by Crippen LogP contribution is 2.31. The van der Waals surface area contributed by atoms with Crippen molar-refractivity contribution >= 4 is 27.6 Å². The molecule has 1 aliphatic carbocycles. The highest BCUT2D eigenvalue weighted by Gasteiger charge is 2.29. The maximum atomic E-state index is 12.3. The number of nitrogens with zero attached hydrogens (tertiary/aromatic N) is 1. The molecule has 0 saturated heterocycles. The van der Waals surface area contributed by atoms with Crippen molar-refractivity contribution < 1.29 is 18.3 Å². The molecular formula is C12H14ClNO4S. The Kier molecular flexibility index (Phi) is 3.85. The van der Waals surface area contributed by atoms with E-state index in [1.807, 2.05) is 0 Å². The standard InChI is InChI=1S/C12H14ClNO4S/c1-14(7-8-2-3-8)19(17,18)9-4-5-11(13)10(6-9)12(15)16/h4-6,8H,2-3,7H2,1H3,(H,15,16). The average molecular weight is 304 g/mol. The first kappa shape index (κ1) is 14.3. The highest BCUT2D eigenvalue weighted by molar-refractivity contribution is 7.89. The van der Waals surface area contributed by atoms with Gasteiger partial charge < -0.3 is 5.11 Å². The minimum absolute atomic E-state index is 0.0243. The molecule has 1 fully saturated rings. The van der Waals surface area contributed by atoms with Crippen molar-refractivity contribution in [1.82, 2.24) is 4.31 Å². The van der Waals surface area contributed by atoms with Crippen molar-refractivity contribution in [3.8, 4) is 0 Å². The predicted molar refractivity (Wildman–Crippen MR) is 71.0 cm³/mol. The summed E-state index contributed by atoms with van der Waals surface area (Å²) in [7, 11) is -2.15. The molecule has 0 spiro atoms. The van der Waals surface area contributed by atoms with E-state index in [0.29, 0.717) is 12.5 Å². The molecule has 0 aromatic heterocycles. The monoisotopic (exact) mass is 303 g/mol. The van der Waals surface area contributed by atoms with E-state index in [9.17, 15) is 13.2 Å². The van der Waals surface area contributed by atoms with Gasteiger partial charge in [0.1, 0.15) is 0 Å². The first-order chi connectivity index (χ1) is 8.82. The van der Waals surface area contributed by atoms with Gasteiger partial charge in [-0.1, -0.05) is 11.6 Å². The molecule has 0 radical (unpaired) electrons. The number of halogens is 1. The molecule has 1 aliphatic rings. The van der Waals surface area contributed by atoms with Crippen molar-refractivity contribution in [2.75, 3.05) is 13.6 Å². The zero-order valence-corrected chi connectivity index (χ0v) is 11.9. The molecule has 0 amide bonds. The third-order valence-corrected chi connectivity index (χ3v) is 5.24. The van der Waals surface area contributed by atoms with E-state index < -0.39 is 16.0 Å². The molecule has 0 bridgehead atoms. The fraction of sp³-hybridized carbons (Fsp3) is 0.417. The van der Waals surface area contributed by atoms with Gasteiger partial charge in [-0.15, -0.1) is 0 Å². The Balaban J connectivity index is 2.34. The van der Waals surface area contributed by atoms with Crippen LogP contribution < -0.4 is 0 Å². The Hall–Kier alpha value is -1.11. The lowest BCUT2D eigenvalue weighted by Crippen LogP contribution is -2.29. The number of hydrogen-bond acceptors (Lipinski definition) is 3. The highest BCUT2D eigenvalue weighted by atomic mass is 35.5. The Morgan fingerprint density at radius 1 is 1.47 bits per heavy atom. The largest absolute Gasteiger partial charge is 0.478 e. The lowest BCUT2D eigenvalue weighted by atomic mass is 10.2. The summed E-state index contributed by atoms with van der Waals surface area (Å²) in [5.41, 5.74) is -0.206. The molecule has 7 heteroatoms. The van der Waals surface area contributed by atoms with Crippen LogP contribution in [-0.4, -0.2) is 37.4 Å². The number of carbonyl (C=O) groups is 1. The summed E-state index contributed by atoms with van der Waals surface area (Å²) in [4.78, 5) is 10.9. The van der Waals surface area contributed by atoms with E-state index in [4.69, 9.17) is 16.7 Å². The third kappa shape index (κ3) is 3.08. The molecule has 2 rings (SSSR count). The number of rotatable bonds is 5. The Morgan fingerprint density at radius 3 is 2.63 bits per heavy atom. The van der Waals surface area contributed by atoms with Crippen LogP contribution in [0.3, 0.4) is 0 Å². The first-order valence-corrected chi connectivity index (χ1v) is 7.63. The van der Waals surface area contributed by atoms with Gasteiger partial charge in [0.15, 0.2) is 0 Å². The van der Waals surface area contributed by atoms with Crippen LogP contribution in [0.5, 0.6) is 0 Å². The van der Waals surface area contributed by atoms with Crippen molar-refractivity contribution in [3.05, 3.63) is 28.8 Å². The van der Waals surface area contributed by atoms with E-state index in [2.05, 4.69) is 0 Å². The summed E-state index contributed by atoms with van der Waals surface area (Å²) in [5.74, 6) is -0.821. The van der Waals surface area contributed by atoms with E-state index in [-0.39, 0.29) is 15.5 Å². The van der Waals surface area contributed by atoms with E-state index in [1.54, 1.807) is 0 Å². The van der Waals surface area contributed by atoms with Crippen molar-refractivity contribution in [1.29, 1.82) is 0 Å². The van der Waals surface area contributed by atoms with Gasteiger partial charge in [0.05, 0.1) is 15.5 Å². The number of benzene rings is 1. The maximum absolute atomic E-state index is 12.3. The zero-order chi connectivity index (χ0) is 14.2. The molecule has 1 aromatic rings. The van der Waals surface area contributed by atoms with E-state index in [0.717, 1.165) is 18.9 Å². The van der Waals surface area contributed by atoms with Gasteiger partial charge in [-0.05, 0) is 37.0 Å². The molecule has 19 heavy (non-hydrogen) atoms. The number of aromatic carboxylic acids is 1. The molecule has 1 N–H and O–H groups in total. The molecule has 0 aliphatic heterocycles. The van der Waals surface area contributed by atoms with Gasteiger partial charge >= 0.3 is 5.97 Å². The summed E-state index contributed by atoms with van der Waals surface area (Å²) in [6, 6.07) is 3.72. The molecular weight excluding hydrogens is 290 g/mol. The van der Waals surface area contributed by atoms with Crippen LogP contribution in [0.1, 0.15) is 23.2 Å². The molecule has 5 nitrogen and oxygen atoms in total. The van der Waals surface area contributed by atoms with Gasteiger partial charge in [0, 0.05) is 13.6 Å². The van der Waals surface area contributed by atoms with Crippen molar-refractivity contribution in [2.24, 2.45) is 5.92 Å². The summed E-state index contributed by atoms with van der Waals surface area (Å²) in [6.45, 7) is 0.466. The van der Waals surface area contributed by atoms with Crippen LogP contribution in [0.15, 0.2) is 23.1 Å². The minimum Gasteiger partial charge on any atom is -0.478 e. The topological polar surface area (TPSA) is 74.7 Å². The molecule has 0 heterocycles. The fourth-order valence-electron chi connectivity index (χ4n) is 1.77. The minimum atomic E-state index is -3.66. The normalized spacial score (nSPS) is 15.7. The SMILES string of the molecule is CN(CC1CC1)S(=O)(=O)c1ccc(Cl)c(C(=O)O)c1. The lowest BCUT2D eigenvalue weighted by Gasteiger charge is -2.17. The second kappa shape index (κ2) is 5.11. The third-order valence-electron chi connectivity index (χ3n) is 3.09. The van der Waals surface area contributed by atoms with E-state index >= 15 is 0 Å². The van der Waals surface area contributed by atoms with Crippen LogP contribution in [-0.2, 0) is 10.0 Å². The summed E-state index contributed by atoms with van der Waals surface area (Å²) < 4.78 is 25.8. The number of hydrogen-bond donors (Lipinski definition) is 1. The van der Waals surface area contributed by atoms with Gasteiger partial charge in [-0.2, -0.15) is 0 Å². The second-order valence-electron chi connectivity index (χ2n) is 4.68. The number of carboxylic acids is 1. The molecule has 1 aromatic carbocycles. The lowest BCUT2D eigenvalue weighted by molar-refractivity contribution is 0.0697. The second-order valence-corrected chi connectivity index (χ2v) is 7.13. The Bertz CT molecular complexity index is 610. The van der Waals surface area contributed by atoms with Crippen molar-refractivity contribution in [3.63, 3.8) is 0 Å². The van der Waals surface area contributed by atoms with Crippen LogP contribution in [0.25, 0.3) is 0 Å². The summed E-state index contributed by atoms with van der Waals surface area (Å²) in [5, 5.41) is 8.98. The van der Waals surface area contributed by atoms with E-state index in [1.165, 1.54) is 23.5 Å². The summed E-state index contributed by atoms with van der Waals surface area (Å²) in [6.07, 6.45) is 2.09. The Morgan fingerprint density at radius 2 is 2.11 bits per heavy atom. The molecule has 104 valence electrons. The van der Waals surface area contributed by atoms with Gasteiger partial charge in [0.2, 0.25) is 10.0 Å². The number of carboxylic acid groups (broad SMARTS) is 1. The van der Waals surface area contributed by atoms with Crippen LogP contribution in [0.4, 0.5) is 0 Å². The summed E-state index contributed by atoms with van der Waals surface area (Å²) >= 11 is 5.73. The average Bonchev–Trinajstić information content (AvgIpc) is 3.12. The maximum Gasteiger partial charge on any atom is 0.337 e. The number of sulfonamides is 1. The Labute approximate surface area is 116 Å². The van der Waals surface area contributed by atoms with Crippen LogP contribution in [0.2, 0.25) is 5.02 Å². The molecule has 0 unspecified atom stereocenters. The fourth-order valence-corrected chi connectivity index (χ4v) is 3.24. The molecule has 1 saturated carbocycles. The van der Waals surface area contributed by atoms with Gasteiger partial charge in [0.25, 0.3) is 0 Å². The van der Waals surface area contributed by atoms with Crippen molar-refractivity contribution in [2.45, 2.75) is 17.7 Å². The van der Waals surface area contributed by atoms with Gasteiger partial charge in [-0.3, -0.25) is 0 Å². The van der Waals surface area contributed by atoms with Crippen LogP contribution in [0, 0.1) is 5.92 Å². The van der Waals surface area contributed by atoms with Gasteiger partial charge in [-0.25, -0.2) is 17.5 Å². The quantitative estimate of drug-likeness (QED) is 0.903. The zero-order valence-electron chi connectivity index (χ0n) is 10.3. The van der Waals surface area contributed by atoms with Crippen LogP contribution >= 0.6 is 11.6 Å². The predicted octanol–water partition coefficient (Wildman–Crippen LogP) is 2.07. The smallest absolute Gasteiger partial charge is 0.337 e.